The molecular formula is C12H14N4O2S. The number of thiophene rings is 1. The molecule has 2 amide bonds. The van der Waals surface area contributed by atoms with Gasteiger partial charge in [-0.25, -0.2) is 0 Å². The number of hydrogen-bond acceptors (Lipinski definition) is 5. The first-order valence-electron chi connectivity index (χ1n) is 5.91. The summed E-state index contributed by atoms with van der Waals surface area (Å²) in [6.07, 6.45) is 0.802. The van der Waals surface area contributed by atoms with Crippen LogP contribution >= 0.6 is 11.3 Å². The lowest BCUT2D eigenvalue weighted by atomic mass is 10.1. The fourth-order valence-electron chi connectivity index (χ4n) is 1.92. The lowest BCUT2D eigenvalue weighted by molar-refractivity contribution is -0.122. The van der Waals surface area contributed by atoms with E-state index in [-0.39, 0.29) is 18.4 Å². The Hall–Kier alpha value is -1.91. The first-order chi connectivity index (χ1) is 9.11. The van der Waals surface area contributed by atoms with Gasteiger partial charge >= 0.3 is 0 Å². The van der Waals surface area contributed by atoms with Crippen molar-refractivity contribution in [3.8, 4) is 6.07 Å². The molecule has 1 aliphatic heterocycles. The van der Waals surface area contributed by atoms with Gasteiger partial charge in [-0.1, -0.05) is 0 Å². The van der Waals surface area contributed by atoms with Crippen LogP contribution in [0.5, 0.6) is 0 Å². The Kier molecular flexibility index (Phi) is 4.14. The van der Waals surface area contributed by atoms with Crippen molar-refractivity contribution >= 4 is 28.2 Å². The second-order valence-electron chi connectivity index (χ2n) is 4.20. The SMILES string of the molecule is CC(=O)NCC(=O)Nc1sc2c(c1C#N)CCNC2. The van der Waals surface area contributed by atoms with E-state index in [1.807, 2.05) is 0 Å². The molecule has 0 radical (unpaired) electrons. The zero-order valence-electron chi connectivity index (χ0n) is 10.5. The van der Waals surface area contributed by atoms with Gasteiger partial charge in [0.2, 0.25) is 11.8 Å². The van der Waals surface area contributed by atoms with Crippen LogP contribution in [0.1, 0.15) is 22.9 Å². The number of hydrogen-bond donors (Lipinski definition) is 3. The van der Waals surface area contributed by atoms with Gasteiger partial charge < -0.3 is 16.0 Å². The average Bonchev–Trinajstić information content (AvgIpc) is 2.73. The maximum Gasteiger partial charge on any atom is 0.244 e. The van der Waals surface area contributed by atoms with E-state index < -0.39 is 0 Å². The van der Waals surface area contributed by atoms with Crippen molar-refractivity contribution in [3.05, 3.63) is 16.0 Å². The molecule has 1 aliphatic rings. The van der Waals surface area contributed by atoms with Gasteiger partial charge in [0.1, 0.15) is 11.1 Å². The molecule has 0 aliphatic carbocycles. The molecule has 0 atom stereocenters. The highest BCUT2D eigenvalue weighted by Gasteiger charge is 2.21. The average molecular weight is 278 g/mol. The van der Waals surface area contributed by atoms with Crippen LogP contribution < -0.4 is 16.0 Å². The molecule has 0 bridgehead atoms. The predicted molar refractivity (Wildman–Crippen MR) is 71.8 cm³/mol. The van der Waals surface area contributed by atoms with Crippen LogP contribution in [0.3, 0.4) is 0 Å². The molecule has 0 saturated carbocycles. The Morgan fingerprint density at radius 3 is 3.00 bits per heavy atom. The Bertz CT molecular complexity index is 559. The molecule has 2 heterocycles. The van der Waals surface area contributed by atoms with Crippen LogP contribution in [0.25, 0.3) is 0 Å². The molecule has 3 N–H and O–H groups in total. The smallest absolute Gasteiger partial charge is 0.244 e. The van der Waals surface area contributed by atoms with Crippen LogP contribution in [-0.4, -0.2) is 24.9 Å². The molecular weight excluding hydrogens is 264 g/mol. The standard InChI is InChI=1S/C12H14N4O2S/c1-7(17)15-6-11(18)16-12-9(4-13)8-2-3-14-5-10(8)19-12/h14H,2-3,5-6H2,1H3,(H,15,17)(H,16,18). The molecule has 100 valence electrons. The highest BCUT2D eigenvalue weighted by atomic mass is 32.1. The zero-order valence-corrected chi connectivity index (χ0v) is 11.3. The van der Waals surface area contributed by atoms with Crippen LogP contribution in [0.2, 0.25) is 0 Å². The number of rotatable bonds is 3. The highest BCUT2D eigenvalue weighted by Crippen LogP contribution is 2.34. The van der Waals surface area contributed by atoms with Gasteiger partial charge in [-0.2, -0.15) is 5.26 Å². The van der Waals surface area contributed by atoms with E-state index in [0.29, 0.717) is 10.6 Å². The summed E-state index contributed by atoms with van der Waals surface area (Å²) in [5.41, 5.74) is 1.58. The van der Waals surface area contributed by atoms with Gasteiger partial charge in [0.25, 0.3) is 0 Å². The van der Waals surface area contributed by atoms with Gasteiger partial charge in [-0.15, -0.1) is 11.3 Å². The van der Waals surface area contributed by atoms with E-state index in [1.54, 1.807) is 0 Å². The Morgan fingerprint density at radius 2 is 2.32 bits per heavy atom. The lowest BCUT2D eigenvalue weighted by Crippen LogP contribution is -2.31. The first-order valence-corrected chi connectivity index (χ1v) is 6.73. The fourth-order valence-corrected chi connectivity index (χ4v) is 3.10. The van der Waals surface area contributed by atoms with Gasteiger partial charge in [-0.05, 0) is 18.5 Å². The molecule has 0 spiro atoms. The molecule has 7 heteroatoms. The summed E-state index contributed by atoms with van der Waals surface area (Å²) >= 11 is 1.42. The summed E-state index contributed by atoms with van der Waals surface area (Å²) in [5, 5.41) is 18.1. The molecule has 6 nitrogen and oxygen atoms in total. The molecule has 0 unspecified atom stereocenters. The Morgan fingerprint density at radius 1 is 1.53 bits per heavy atom. The third kappa shape index (κ3) is 3.10. The summed E-state index contributed by atoms with van der Waals surface area (Å²) in [5.74, 6) is -0.580. The minimum atomic E-state index is -0.321. The van der Waals surface area contributed by atoms with Gasteiger partial charge in [0.05, 0.1) is 12.1 Å². The maximum absolute atomic E-state index is 11.7. The van der Waals surface area contributed by atoms with E-state index in [2.05, 4.69) is 22.0 Å². The molecule has 0 saturated heterocycles. The summed E-state index contributed by atoms with van der Waals surface area (Å²) in [7, 11) is 0. The summed E-state index contributed by atoms with van der Waals surface area (Å²) < 4.78 is 0. The molecule has 1 aromatic rings. The van der Waals surface area contributed by atoms with Crippen molar-refractivity contribution in [2.75, 3.05) is 18.4 Å². The van der Waals surface area contributed by atoms with E-state index in [0.717, 1.165) is 30.0 Å². The third-order valence-electron chi connectivity index (χ3n) is 2.79. The van der Waals surface area contributed by atoms with Crippen LogP contribution in [0, 0.1) is 11.3 Å². The monoisotopic (exact) mass is 278 g/mol. The molecule has 1 aromatic heterocycles. The Balaban J connectivity index is 2.12. The quantitative estimate of drug-likeness (QED) is 0.743. The van der Waals surface area contributed by atoms with Gasteiger partial charge in [0, 0.05) is 18.3 Å². The molecule has 2 rings (SSSR count). The fraction of sp³-hybridized carbons (Fsp3) is 0.417. The molecule has 0 fully saturated rings. The number of nitrogens with one attached hydrogen (secondary N) is 3. The van der Waals surface area contributed by atoms with E-state index >= 15 is 0 Å². The second kappa shape index (κ2) is 5.82. The van der Waals surface area contributed by atoms with E-state index in [4.69, 9.17) is 0 Å². The van der Waals surface area contributed by atoms with E-state index in [1.165, 1.54) is 18.3 Å². The topological polar surface area (TPSA) is 94.0 Å². The lowest BCUT2D eigenvalue weighted by Gasteiger charge is -2.11. The summed E-state index contributed by atoms with van der Waals surface area (Å²) in [6.45, 7) is 2.85. The number of carbonyl (C=O) groups is 2. The minimum Gasteiger partial charge on any atom is -0.347 e. The number of fused-ring (bicyclic) bond motifs is 1. The van der Waals surface area contributed by atoms with E-state index in [9.17, 15) is 14.9 Å². The first kappa shape index (κ1) is 13.5. The third-order valence-corrected chi connectivity index (χ3v) is 3.94. The largest absolute Gasteiger partial charge is 0.347 e. The van der Waals surface area contributed by atoms with Gasteiger partial charge in [-0.3, -0.25) is 9.59 Å². The van der Waals surface area contributed by atoms with Crippen LogP contribution in [-0.2, 0) is 22.6 Å². The number of nitrogens with zero attached hydrogens (tertiary/aromatic N) is 1. The Labute approximate surface area is 114 Å². The molecule has 19 heavy (non-hydrogen) atoms. The summed E-state index contributed by atoms with van der Waals surface area (Å²) in [6, 6.07) is 2.15. The van der Waals surface area contributed by atoms with Crippen LogP contribution in [0.4, 0.5) is 5.00 Å². The minimum absolute atomic E-state index is 0.0823. The zero-order chi connectivity index (χ0) is 13.8. The maximum atomic E-state index is 11.7. The van der Waals surface area contributed by atoms with Crippen molar-refractivity contribution in [3.63, 3.8) is 0 Å². The van der Waals surface area contributed by atoms with Crippen molar-refractivity contribution < 1.29 is 9.59 Å². The second-order valence-corrected chi connectivity index (χ2v) is 5.31. The van der Waals surface area contributed by atoms with Gasteiger partial charge in [0.15, 0.2) is 0 Å². The van der Waals surface area contributed by atoms with Crippen LogP contribution in [0.15, 0.2) is 0 Å². The molecule has 0 aromatic carbocycles. The number of carbonyl (C=O) groups excluding carboxylic acids is 2. The normalized spacial score (nSPS) is 13.3. The van der Waals surface area contributed by atoms with Crippen molar-refractivity contribution in [2.45, 2.75) is 19.9 Å². The van der Waals surface area contributed by atoms with Crippen molar-refractivity contribution in [1.82, 2.24) is 10.6 Å². The predicted octanol–water partition coefficient (Wildman–Crippen LogP) is 0.340. The van der Waals surface area contributed by atoms with Crippen molar-refractivity contribution in [2.24, 2.45) is 0 Å². The van der Waals surface area contributed by atoms with Crippen molar-refractivity contribution in [1.29, 1.82) is 5.26 Å². The number of anilines is 1. The number of amides is 2. The summed E-state index contributed by atoms with van der Waals surface area (Å²) in [4.78, 5) is 23.5. The highest BCUT2D eigenvalue weighted by molar-refractivity contribution is 7.16. The number of nitriles is 1.